The van der Waals surface area contributed by atoms with E-state index in [1.807, 2.05) is 84.9 Å². The zero-order valence-electron chi connectivity index (χ0n) is 19.3. The van der Waals surface area contributed by atoms with E-state index in [9.17, 15) is 14.4 Å². The average molecular weight is 539 g/mol. The lowest BCUT2D eigenvalue weighted by atomic mass is 10.0. The van der Waals surface area contributed by atoms with Crippen molar-refractivity contribution in [3.63, 3.8) is 0 Å². The lowest BCUT2D eigenvalue weighted by Crippen LogP contribution is -2.53. The number of methoxy groups -OCH3 is 1. The van der Waals surface area contributed by atoms with E-state index >= 15 is 0 Å². The number of carbonyl (C=O) groups is 3. The molecule has 3 rings (SSSR count). The monoisotopic (exact) mass is 538 g/mol. The van der Waals surface area contributed by atoms with Gasteiger partial charge in [-0.3, -0.25) is 4.79 Å². The van der Waals surface area contributed by atoms with Crippen molar-refractivity contribution >= 4 is 33.9 Å². The second-order valence-corrected chi connectivity index (χ2v) is 8.78. The maximum absolute atomic E-state index is 13.2. The third-order valence-electron chi connectivity index (χ3n) is 5.26. The van der Waals surface area contributed by atoms with E-state index in [1.165, 1.54) is 7.11 Å². The van der Waals surface area contributed by atoms with Gasteiger partial charge in [0.15, 0.2) is 0 Å². The smallest absolute Gasteiger partial charge is 0.408 e. The van der Waals surface area contributed by atoms with Gasteiger partial charge in [-0.05, 0) is 28.8 Å². The van der Waals surface area contributed by atoms with E-state index in [0.717, 1.165) is 21.2 Å². The Morgan fingerprint density at radius 3 is 1.89 bits per heavy atom. The molecule has 0 saturated heterocycles. The largest absolute Gasteiger partial charge is 0.467 e. The maximum atomic E-state index is 13.2. The standard InChI is InChI=1S/C27H27BrN2O5/c1-34-26(32)24(17-20-12-14-22(28)15-13-20)29-25(31)23(16-19-8-4-2-5-9-19)30-27(33)35-18-21-10-6-3-7-11-21/h2-15,23-24H,16-18H2,1H3,(H,29,31)(H,30,33)/t23-,24+/m1/s1. The second-order valence-electron chi connectivity index (χ2n) is 7.86. The predicted molar refractivity (Wildman–Crippen MR) is 135 cm³/mol. The molecular formula is C27H27BrN2O5. The molecule has 0 radical (unpaired) electrons. The zero-order valence-corrected chi connectivity index (χ0v) is 20.9. The van der Waals surface area contributed by atoms with E-state index in [2.05, 4.69) is 26.6 Å². The molecule has 0 aliphatic carbocycles. The fraction of sp³-hybridized carbons (Fsp3) is 0.222. The van der Waals surface area contributed by atoms with E-state index in [4.69, 9.17) is 9.47 Å². The van der Waals surface area contributed by atoms with Crippen LogP contribution in [0.1, 0.15) is 16.7 Å². The van der Waals surface area contributed by atoms with Crippen LogP contribution in [-0.4, -0.2) is 37.2 Å². The van der Waals surface area contributed by atoms with Crippen LogP contribution in [-0.2, 0) is 38.5 Å². The Morgan fingerprint density at radius 1 is 0.743 bits per heavy atom. The third kappa shape index (κ3) is 8.57. The highest BCUT2D eigenvalue weighted by Crippen LogP contribution is 2.13. The molecule has 2 amide bonds. The fourth-order valence-electron chi connectivity index (χ4n) is 3.43. The van der Waals surface area contributed by atoms with Gasteiger partial charge < -0.3 is 20.1 Å². The van der Waals surface area contributed by atoms with Gasteiger partial charge in [-0.1, -0.05) is 88.7 Å². The summed E-state index contributed by atoms with van der Waals surface area (Å²) in [5.74, 6) is -1.09. The molecule has 2 N–H and O–H groups in total. The highest BCUT2D eigenvalue weighted by atomic mass is 79.9. The SMILES string of the molecule is COC(=O)[C@H](Cc1ccc(Br)cc1)NC(=O)[C@@H](Cc1ccccc1)NC(=O)OCc1ccccc1. The molecule has 182 valence electrons. The summed E-state index contributed by atoms with van der Waals surface area (Å²) in [7, 11) is 1.27. The van der Waals surface area contributed by atoms with Crippen molar-refractivity contribution in [1.29, 1.82) is 0 Å². The molecule has 2 atom stereocenters. The summed E-state index contributed by atoms with van der Waals surface area (Å²) in [6.07, 6.45) is -0.269. The van der Waals surface area contributed by atoms with Crippen molar-refractivity contribution in [3.8, 4) is 0 Å². The van der Waals surface area contributed by atoms with E-state index in [1.54, 1.807) is 0 Å². The van der Waals surface area contributed by atoms with Gasteiger partial charge in [0.05, 0.1) is 7.11 Å². The molecule has 0 bridgehead atoms. The third-order valence-corrected chi connectivity index (χ3v) is 5.79. The molecule has 0 heterocycles. The van der Waals surface area contributed by atoms with Gasteiger partial charge in [0.2, 0.25) is 5.91 Å². The van der Waals surface area contributed by atoms with Gasteiger partial charge in [0.25, 0.3) is 0 Å². The first-order chi connectivity index (χ1) is 16.9. The molecule has 7 nitrogen and oxygen atoms in total. The molecule has 0 aliphatic rings. The number of alkyl carbamates (subject to hydrolysis) is 1. The number of esters is 1. The van der Waals surface area contributed by atoms with E-state index in [-0.39, 0.29) is 19.4 Å². The van der Waals surface area contributed by atoms with Crippen LogP contribution in [0, 0.1) is 0 Å². The van der Waals surface area contributed by atoms with E-state index in [0.29, 0.717) is 0 Å². The van der Waals surface area contributed by atoms with Crippen LogP contribution in [0.15, 0.2) is 89.4 Å². The fourth-order valence-corrected chi connectivity index (χ4v) is 3.69. The molecule has 8 heteroatoms. The minimum absolute atomic E-state index is 0.0701. The Hall–Kier alpha value is -3.65. The van der Waals surface area contributed by atoms with Crippen LogP contribution in [0.3, 0.4) is 0 Å². The number of rotatable bonds is 10. The Kier molecular flexibility index (Phi) is 9.86. The summed E-state index contributed by atoms with van der Waals surface area (Å²) < 4.78 is 11.1. The highest BCUT2D eigenvalue weighted by molar-refractivity contribution is 9.10. The Bertz CT molecular complexity index is 1110. The minimum Gasteiger partial charge on any atom is -0.467 e. The molecule has 0 unspecified atom stereocenters. The van der Waals surface area contributed by atoms with Gasteiger partial charge in [-0.15, -0.1) is 0 Å². The lowest BCUT2D eigenvalue weighted by molar-refractivity contribution is -0.145. The van der Waals surface area contributed by atoms with Crippen molar-refractivity contribution in [2.75, 3.05) is 7.11 Å². The first-order valence-corrected chi connectivity index (χ1v) is 11.9. The number of benzene rings is 3. The van der Waals surface area contributed by atoms with Crippen molar-refractivity contribution < 1.29 is 23.9 Å². The number of halogens is 1. The normalized spacial score (nSPS) is 12.2. The summed E-state index contributed by atoms with van der Waals surface area (Å²) in [6.45, 7) is 0.0701. The van der Waals surface area contributed by atoms with Crippen LogP contribution < -0.4 is 10.6 Å². The number of hydrogen-bond donors (Lipinski definition) is 2. The van der Waals surface area contributed by atoms with Gasteiger partial charge in [0, 0.05) is 17.3 Å². The van der Waals surface area contributed by atoms with E-state index < -0.39 is 30.1 Å². The predicted octanol–water partition coefficient (Wildman–Crippen LogP) is 4.19. The van der Waals surface area contributed by atoms with Crippen molar-refractivity contribution in [3.05, 3.63) is 106 Å². The minimum atomic E-state index is -0.960. The number of carbonyl (C=O) groups excluding carboxylic acids is 3. The van der Waals surface area contributed by atoms with Gasteiger partial charge in [-0.25, -0.2) is 9.59 Å². The molecular weight excluding hydrogens is 512 g/mol. The van der Waals surface area contributed by atoms with Crippen LogP contribution in [0.4, 0.5) is 4.79 Å². The first-order valence-electron chi connectivity index (χ1n) is 11.1. The molecule has 0 fully saturated rings. The molecule has 3 aromatic rings. The summed E-state index contributed by atoms with van der Waals surface area (Å²) in [6, 6.07) is 24.1. The Labute approximate surface area is 213 Å². The number of amides is 2. The van der Waals surface area contributed by atoms with Crippen molar-refractivity contribution in [2.45, 2.75) is 31.5 Å². The number of ether oxygens (including phenoxy) is 2. The quantitative estimate of drug-likeness (QED) is 0.377. The van der Waals surface area contributed by atoms with Gasteiger partial charge in [0.1, 0.15) is 18.7 Å². The number of hydrogen-bond acceptors (Lipinski definition) is 5. The molecule has 0 aromatic heterocycles. The van der Waals surface area contributed by atoms with Crippen LogP contribution >= 0.6 is 15.9 Å². The Balaban J connectivity index is 1.71. The number of nitrogens with one attached hydrogen (secondary N) is 2. The average Bonchev–Trinajstić information content (AvgIpc) is 2.88. The summed E-state index contributed by atoms with van der Waals surface area (Å²) >= 11 is 3.38. The van der Waals surface area contributed by atoms with Crippen molar-refractivity contribution in [2.24, 2.45) is 0 Å². The molecule has 0 saturated carbocycles. The highest BCUT2D eigenvalue weighted by Gasteiger charge is 2.28. The summed E-state index contributed by atoms with van der Waals surface area (Å²) in [4.78, 5) is 38.2. The molecule has 35 heavy (non-hydrogen) atoms. The second kappa shape index (κ2) is 13.3. The van der Waals surface area contributed by atoms with Crippen LogP contribution in [0.2, 0.25) is 0 Å². The van der Waals surface area contributed by atoms with Crippen LogP contribution in [0.5, 0.6) is 0 Å². The first kappa shape index (κ1) is 26.0. The topological polar surface area (TPSA) is 93.7 Å². The van der Waals surface area contributed by atoms with Crippen LogP contribution in [0.25, 0.3) is 0 Å². The maximum Gasteiger partial charge on any atom is 0.408 e. The van der Waals surface area contributed by atoms with Gasteiger partial charge >= 0.3 is 12.1 Å². The summed E-state index contributed by atoms with van der Waals surface area (Å²) in [5.41, 5.74) is 2.52. The Morgan fingerprint density at radius 2 is 1.29 bits per heavy atom. The molecule has 0 spiro atoms. The van der Waals surface area contributed by atoms with Gasteiger partial charge in [-0.2, -0.15) is 0 Å². The van der Waals surface area contributed by atoms with Crippen molar-refractivity contribution in [1.82, 2.24) is 10.6 Å². The summed E-state index contributed by atoms with van der Waals surface area (Å²) in [5, 5.41) is 5.37. The lowest BCUT2D eigenvalue weighted by Gasteiger charge is -2.22. The zero-order chi connectivity index (χ0) is 25.0. The molecule has 3 aromatic carbocycles. The molecule has 0 aliphatic heterocycles.